The van der Waals surface area contributed by atoms with E-state index in [9.17, 15) is 4.79 Å². The van der Waals surface area contributed by atoms with Crippen LogP contribution in [0.1, 0.15) is 48.6 Å². The number of rotatable bonds is 5. The van der Waals surface area contributed by atoms with Crippen LogP contribution in [-0.2, 0) is 4.79 Å². The van der Waals surface area contributed by atoms with Gasteiger partial charge in [0.25, 0.3) is 5.95 Å². The molecule has 5 rings (SSSR count). The van der Waals surface area contributed by atoms with Gasteiger partial charge in [0.05, 0.1) is 23.7 Å². The Bertz CT molecular complexity index is 1340. The van der Waals surface area contributed by atoms with E-state index in [1.54, 1.807) is 10.9 Å². The van der Waals surface area contributed by atoms with Gasteiger partial charge in [0.2, 0.25) is 5.91 Å². The molecule has 0 radical (unpaired) electrons. The van der Waals surface area contributed by atoms with Crippen molar-refractivity contribution >= 4 is 11.7 Å². The molecule has 0 bridgehead atoms. The smallest absolute Gasteiger partial charge is 0.272 e. The Kier molecular flexibility index (Phi) is 5.57. The van der Waals surface area contributed by atoms with Crippen molar-refractivity contribution in [2.24, 2.45) is 0 Å². The quantitative estimate of drug-likeness (QED) is 0.473. The summed E-state index contributed by atoms with van der Waals surface area (Å²) in [6.45, 7) is 7.96. The third-order valence-electron chi connectivity index (χ3n) is 5.84. The lowest BCUT2D eigenvalue weighted by atomic mass is 9.86. The summed E-state index contributed by atoms with van der Waals surface area (Å²) in [5.41, 5.74) is 5.59. The SMILES string of the molecule is Cc1ccc(-c2cnnc(-n3nc(C)c4c3NC(=O)C[C@H]4c3ccc(OC(C)C)cc3)n2)cc1. The highest BCUT2D eigenvalue weighted by molar-refractivity contribution is 5.95. The Morgan fingerprint density at radius 1 is 1.06 bits per heavy atom. The first-order chi connectivity index (χ1) is 16.4. The first kappa shape index (κ1) is 21.8. The molecule has 1 atom stereocenters. The van der Waals surface area contributed by atoms with Crippen LogP contribution in [-0.4, -0.2) is 37.0 Å². The molecular formula is C26H26N6O2. The van der Waals surface area contributed by atoms with Crippen molar-refractivity contribution in [2.75, 3.05) is 5.32 Å². The fourth-order valence-corrected chi connectivity index (χ4v) is 4.27. The van der Waals surface area contributed by atoms with E-state index in [1.165, 1.54) is 5.56 Å². The number of hydrogen-bond acceptors (Lipinski definition) is 6. The molecule has 1 aliphatic heterocycles. The lowest BCUT2D eigenvalue weighted by Gasteiger charge is -2.24. The van der Waals surface area contributed by atoms with Crippen LogP contribution in [0, 0.1) is 13.8 Å². The number of aromatic nitrogens is 5. The second kappa shape index (κ2) is 8.70. The maximum absolute atomic E-state index is 12.7. The van der Waals surface area contributed by atoms with Gasteiger partial charge in [-0.2, -0.15) is 14.9 Å². The lowest BCUT2D eigenvalue weighted by molar-refractivity contribution is -0.116. The predicted molar refractivity (Wildman–Crippen MR) is 129 cm³/mol. The average Bonchev–Trinajstić information content (AvgIpc) is 3.15. The maximum Gasteiger partial charge on any atom is 0.272 e. The van der Waals surface area contributed by atoms with Crippen molar-refractivity contribution in [3.8, 4) is 23.0 Å². The molecule has 0 fully saturated rings. The Morgan fingerprint density at radius 2 is 1.79 bits per heavy atom. The average molecular weight is 455 g/mol. The van der Waals surface area contributed by atoms with Gasteiger partial charge in [-0.25, -0.2) is 4.98 Å². The summed E-state index contributed by atoms with van der Waals surface area (Å²) in [7, 11) is 0. The third-order valence-corrected chi connectivity index (χ3v) is 5.84. The lowest BCUT2D eigenvalue weighted by Crippen LogP contribution is -2.25. The Hall–Kier alpha value is -4.07. The van der Waals surface area contributed by atoms with Crippen LogP contribution in [0.3, 0.4) is 0 Å². The number of fused-ring (bicyclic) bond motifs is 1. The summed E-state index contributed by atoms with van der Waals surface area (Å²) in [5, 5.41) is 16.0. The minimum absolute atomic E-state index is 0.0798. The fourth-order valence-electron chi connectivity index (χ4n) is 4.27. The monoisotopic (exact) mass is 454 g/mol. The van der Waals surface area contributed by atoms with Gasteiger partial charge in [-0.1, -0.05) is 42.0 Å². The van der Waals surface area contributed by atoms with E-state index in [2.05, 4.69) is 20.5 Å². The zero-order valence-electron chi connectivity index (χ0n) is 19.6. The van der Waals surface area contributed by atoms with Crippen LogP contribution in [0.5, 0.6) is 5.75 Å². The van der Waals surface area contributed by atoms with Gasteiger partial charge in [-0.15, -0.1) is 5.10 Å². The van der Waals surface area contributed by atoms with Gasteiger partial charge in [-0.05, 0) is 45.4 Å². The highest BCUT2D eigenvalue weighted by atomic mass is 16.5. The number of nitrogens with one attached hydrogen (secondary N) is 1. The normalized spacial score (nSPS) is 15.2. The number of carbonyl (C=O) groups is 1. The Balaban J connectivity index is 1.54. The minimum Gasteiger partial charge on any atom is -0.491 e. The van der Waals surface area contributed by atoms with Crippen LogP contribution in [0.25, 0.3) is 17.2 Å². The van der Waals surface area contributed by atoms with Crippen molar-refractivity contribution in [1.82, 2.24) is 25.0 Å². The van der Waals surface area contributed by atoms with E-state index in [0.717, 1.165) is 28.1 Å². The summed E-state index contributed by atoms with van der Waals surface area (Å²) < 4.78 is 7.35. The number of amides is 1. The highest BCUT2D eigenvalue weighted by Gasteiger charge is 2.33. The largest absolute Gasteiger partial charge is 0.491 e. The van der Waals surface area contributed by atoms with Crippen LogP contribution < -0.4 is 10.1 Å². The molecule has 1 N–H and O–H groups in total. The fraction of sp³-hybridized carbons (Fsp3) is 0.269. The number of carbonyl (C=O) groups excluding carboxylic acids is 1. The maximum atomic E-state index is 12.7. The van der Waals surface area contributed by atoms with E-state index in [-0.39, 0.29) is 17.9 Å². The zero-order chi connectivity index (χ0) is 23.8. The molecule has 0 unspecified atom stereocenters. The number of nitrogens with zero attached hydrogens (tertiary/aromatic N) is 5. The van der Waals surface area contributed by atoms with E-state index in [1.807, 2.05) is 76.2 Å². The Morgan fingerprint density at radius 3 is 2.50 bits per heavy atom. The molecule has 8 heteroatoms. The topological polar surface area (TPSA) is 94.8 Å². The van der Waals surface area contributed by atoms with E-state index >= 15 is 0 Å². The van der Waals surface area contributed by atoms with Crippen molar-refractivity contribution in [3.05, 3.63) is 77.1 Å². The number of hydrogen-bond donors (Lipinski definition) is 1. The highest BCUT2D eigenvalue weighted by Crippen LogP contribution is 2.40. The van der Waals surface area contributed by atoms with E-state index < -0.39 is 0 Å². The van der Waals surface area contributed by atoms with Crippen LogP contribution in [0.4, 0.5) is 5.82 Å². The molecular weight excluding hydrogens is 428 g/mol. The molecule has 0 spiro atoms. The summed E-state index contributed by atoms with van der Waals surface area (Å²) in [5.74, 6) is 1.50. The van der Waals surface area contributed by atoms with Crippen LogP contribution >= 0.6 is 0 Å². The van der Waals surface area contributed by atoms with E-state index in [0.29, 0.717) is 23.9 Å². The van der Waals surface area contributed by atoms with Crippen molar-refractivity contribution < 1.29 is 9.53 Å². The molecule has 4 aromatic rings. The molecule has 2 aromatic carbocycles. The number of aryl methyl sites for hydroxylation is 2. The van der Waals surface area contributed by atoms with Crippen molar-refractivity contribution in [1.29, 1.82) is 0 Å². The van der Waals surface area contributed by atoms with Gasteiger partial charge in [0.15, 0.2) is 0 Å². The number of anilines is 1. The Labute approximate surface area is 198 Å². The van der Waals surface area contributed by atoms with Crippen molar-refractivity contribution in [2.45, 2.75) is 46.1 Å². The molecule has 34 heavy (non-hydrogen) atoms. The second-order valence-electron chi connectivity index (χ2n) is 8.81. The molecule has 3 heterocycles. The molecule has 0 saturated heterocycles. The summed E-state index contributed by atoms with van der Waals surface area (Å²) in [6, 6.07) is 16.0. The van der Waals surface area contributed by atoms with E-state index in [4.69, 9.17) is 9.84 Å². The summed E-state index contributed by atoms with van der Waals surface area (Å²) in [6.07, 6.45) is 2.06. The van der Waals surface area contributed by atoms with Gasteiger partial charge in [0.1, 0.15) is 11.6 Å². The molecule has 1 amide bonds. The molecule has 8 nitrogen and oxygen atoms in total. The molecule has 2 aromatic heterocycles. The summed E-state index contributed by atoms with van der Waals surface area (Å²) >= 11 is 0. The van der Waals surface area contributed by atoms with Gasteiger partial charge >= 0.3 is 0 Å². The predicted octanol–water partition coefficient (Wildman–Crippen LogP) is 4.60. The van der Waals surface area contributed by atoms with Gasteiger partial charge < -0.3 is 10.1 Å². The second-order valence-corrected chi connectivity index (χ2v) is 8.81. The molecule has 0 saturated carbocycles. The molecule has 0 aliphatic carbocycles. The molecule has 1 aliphatic rings. The number of ether oxygens (including phenoxy) is 1. The van der Waals surface area contributed by atoms with Gasteiger partial charge in [-0.3, -0.25) is 4.79 Å². The van der Waals surface area contributed by atoms with Crippen LogP contribution in [0.15, 0.2) is 54.7 Å². The molecule has 172 valence electrons. The van der Waals surface area contributed by atoms with Crippen molar-refractivity contribution in [3.63, 3.8) is 0 Å². The summed E-state index contributed by atoms with van der Waals surface area (Å²) in [4.78, 5) is 17.4. The first-order valence-electron chi connectivity index (χ1n) is 11.3. The number of benzene rings is 2. The first-order valence-corrected chi connectivity index (χ1v) is 11.3. The standard InChI is InChI=1S/C26H26N6O2/c1-15(2)34-20-11-9-18(10-12-20)21-13-23(33)29-25-24(21)17(4)31-32(25)26-28-22(14-27-30-26)19-7-5-16(3)6-8-19/h5-12,14-15,21H,13H2,1-4H3,(H,29,33)/t21-/m0/s1. The van der Waals surface area contributed by atoms with Crippen LogP contribution in [0.2, 0.25) is 0 Å². The third kappa shape index (κ3) is 4.14. The minimum atomic E-state index is -0.126. The zero-order valence-corrected chi connectivity index (χ0v) is 19.6. The van der Waals surface area contributed by atoms with Gasteiger partial charge in [0, 0.05) is 23.5 Å².